The molecule has 90 valence electrons. The van der Waals surface area contributed by atoms with Crippen molar-refractivity contribution in [1.29, 1.82) is 0 Å². The predicted molar refractivity (Wildman–Crippen MR) is 70.0 cm³/mol. The van der Waals surface area contributed by atoms with E-state index in [0.29, 0.717) is 0 Å². The van der Waals surface area contributed by atoms with E-state index >= 15 is 0 Å². The number of fused-ring (bicyclic) bond motifs is 1. The summed E-state index contributed by atoms with van der Waals surface area (Å²) < 4.78 is 3.14. The number of hydrogen-bond acceptors (Lipinski definition) is 3. The van der Waals surface area contributed by atoms with Crippen LogP contribution in [0.1, 0.15) is 18.7 Å². The van der Waals surface area contributed by atoms with Gasteiger partial charge in [0.05, 0.1) is 0 Å². The first-order chi connectivity index (χ1) is 8.33. The molecular formula is C12H15BrN4. The summed E-state index contributed by atoms with van der Waals surface area (Å²) in [6, 6.07) is 3.98. The van der Waals surface area contributed by atoms with Gasteiger partial charge in [0.15, 0.2) is 5.65 Å². The van der Waals surface area contributed by atoms with Crippen LogP contribution in [0.5, 0.6) is 0 Å². The molecule has 1 saturated heterocycles. The standard InChI is InChI=1S/C12H15BrN4/c13-10-2-4-12-16-15-11(17(12)8-10)3-1-9-5-6-14-7-9/h2,4,8-9,14H,1,3,5-7H2. The maximum absolute atomic E-state index is 4.27. The number of nitrogens with zero attached hydrogens (tertiary/aromatic N) is 3. The quantitative estimate of drug-likeness (QED) is 0.942. The van der Waals surface area contributed by atoms with Crippen molar-refractivity contribution >= 4 is 21.6 Å². The Labute approximate surface area is 109 Å². The summed E-state index contributed by atoms with van der Waals surface area (Å²) in [6.07, 6.45) is 5.53. The molecule has 1 fully saturated rings. The van der Waals surface area contributed by atoms with E-state index in [2.05, 4.69) is 35.8 Å². The molecule has 1 atom stereocenters. The van der Waals surface area contributed by atoms with Gasteiger partial charge in [-0.15, -0.1) is 10.2 Å². The lowest BCUT2D eigenvalue weighted by molar-refractivity contribution is 0.523. The SMILES string of the molecule is Brc1ccc2nnc(CCC3CCNC3)n2c1. The molecule has 2 aromatic rings. The fraction of sp³-hybridized carbons (Fsp3) is 0.500. The molecule has 3 heterocycles. The maximum Gasteiger partial charge on any atom is 0.160 e. The van der Waals surface area contributed by atoms with Crippen LogP contribution in [0.25, 0.3) is 5.65 Å². The van der Waals surface area contributed by atoms with E-state index in [1.807, 2.05) is 18.3 Å². The molecule has 5 heteroatoms. The fourth-order valence-electron chi connectivity index (χ4n) is 2.38. The van der Waals surface area contributed by atoms with E-state index in [9.17, 15) is 0 Å². The monoisotopic (exact) mass is 294 g/mol. The molecule has 1 aliphatic rings. The molecule has 1 aliphatic heterocycles. The van der Waals surface area contributed by atoms with E-state index in [1.165, 1.54) is 12.8 Å². The van der Waals surface area contributed by atoms with E-state index in [1.54, 1.807) is 0 Å². The average molecular weight is 295 g/mol. The Kier molecular flexibility index (Phi) is 3.11. The average Bonchev–Trinajstić information content (AvgIpc) is 2.94. The molecule has 0 spiro atoms. The number of aryl methyl sites for hydroxylation is 1. The third-order valence-corrected chi connectivity index (χ3v) is 3.84. The van der Waals surface area contributed by atoms with Crippen molar-refractivity contribution in [2.24, 2.45) is 5.92 Å². The molecule has 3 rings (SSSR count). The van der Waals surface area contributed by atoms with Crippen LogP contribution in [0.3, 0.4) is 0 Å². The van der Waals surface area contributed by atoms with E-state index in [0.717, 1.165) is 41.4 Å². The molecule has 1 unspecified atom stereocenters. The van der Waals surface area contributed by atoms with Crippen LogP contribution in [0.4, 0.5) is 0 Å². The van der Waals surface area contributed by atoms with Crippen LogP contribution in [-0.2, 0) is 6.42 Å². The zero-order valence-corrected chi connectivity index (χ0v) is 11.2. The second kappa shape index (κ2) is 4.74. The summed E-state index contributed by atoms with van der Waals surface area (Å²) in [6.45, 7) is 2.32. The first-order valence-corrected chi connectivity index (χ1v) is 6.82. The third-order valence-electron chi connectivity index (χ3n) is 3.38. The number of hydrogen-bond donors (Lipinski definition) is 1. The van der Waals surface area contributed by atoms with Crippen molar-refractivity contribution in [3.63, 3.8) is 0 Å². The highest BCUT2D eigenvalue weighted by Crippen LogP contribution is 2.17. The van der Waals surface area contributed by atoms with Crippen LogP contribution in [0.15, 0.2) is 22.8 Å². The normalized spacial score (nSPS) is 20.2. The Balaban J connectivity index is 1.77. The van der Waals surface area contributed by atoms with Gasteiger partial charge in [0, 0.05) is 17.1 Å². The highest BCUT2D eigenvalue weighted by molar-refractivity contribution is 9.10. The molecular weight excluding hydrogens is 280 g/mol. The lowest BCUT2D eigenvalue weighted by Gasteiger charge is -2.06. The lowest BCUT2D eigenvalue weighted by atomic mass is 10.0. The summed E-state index contributed by atoms with van der Waals surface area (Å²) in [5.41, 5.74) is 0.924. The topological polar surface area (TPSA) is 42.2 Å². The van der Waals surface area contributed by atoms with Crippen molar-refractivity contribution in [2.45, 2.75) is 19.3 Å². The first kappa shape index (κ1) is 11.2. The smallest absolute Gasteiger partial charge is 0.160 e. The van der Waals surface area contributed by atoms with Gasteiger partial charge in [-0.05, 0) is 59.9 Å². The molecule has 0 aliphatic carbocycles. The van der Waals surface area contributed by atoms with Gasteiger partial charge < -0.3 is 5.32 Å². The second-order valence-electron chi connectivity index (χ2n) is 4.59. The number of rotatable bonds is 3. The van der Waals surface area contributed by atoms with Crippen LogP contribution in [-0.4, -0.2) is 27.7 Å². The molecule has 0 radical (unpaired) electrons. The van der Waals surface area contributed by atoms with Gasteiger partial charge >= 0.3 is 0 Å². The Morgan fingerprint density at radius 1 is 1.41 bits per heavy atom. The minimum Gasteiger partial charge on any atom is -0.316 e. The fourth-order valence-corrected chi connectivity index (χ4v) is 2.71. The highest BCUT2D eigenvalue weighted by Gasteiger charge is 2.15. The second-order valence-corrected chi connectivity index (χ2v) is 5.50. The van der Waals surface area contributed by atoms with Gasteiger partial charge in [0.2, 0.25) is 0 Å². The van der Waals surface area contributed by atoms with Crippen molar-refractivity contribution in [3.05, 3.63) is 28.6 Å². The zero-order valence-electron chi connectivity index (χ0n) is 9.56. The molecule has 4 nitrogen and oxygen atoms in total. The molecule has 0 saturated carbocycles. The number of aromatic nitrogens is 3. The Morgan fingerprint density at radius 3 is 3.18 bits per heavy atom. The van der Waals surface area contributed by atoms with Gasteiger partial charge in [-0.25, -0.2) is 0 Å². The van der Waals surface area contributed by atoms with Gasteiger partial charge in [-0.2, -0.15) is 0 Å². The van der Waals surface area contributed by atoms with Gasteiger partial charge in [0.25, 0.3) is 0 Å². The highest BCUT2D eigenvalue weighted by atomic mass is 79.9. The van der Waals surface area contributed by atoms with Crippen molar-refractivity contribution in [1.82, 2.24) is 19.9 Å². The minimum atomic E-state index is 0.800. The van der Waals surface area contributed by atoms with Gasteiger partial charge in [-0.1, -0.05) is 0 Å². The van der Waals surface area contributed by atoms with Gasteiger partial charge in [0.1, 0.15) is 5.82 Å². The van der Waals surface area contributed by atoms with Crippen LogP contribution < -0.4 is 5.32 Å². The van der Waals surface area contributed by atoms with E-state index in [4.69, 9.17) is 0 Å². The van der Waals surface area contributed by atoms with Crippen LogP contribution >= 0.6 is 15.9 Å². The largest absolute Gasteiger partial charge is 0.316 e. The van der Waals surface area contributed by atoms with Crippen molar-refractivity contribution in [3.8, 4) is 0 Å². The van der Waals surface area contributed by atoms with Crippen molar-refractivity contribution in [2.75, 3.05) is 13.1 Å². The van der Waals surface area contributed by atoms with Crippen LogP contribution in [0.2, 0.25) is 0 Å². The van der Waals surface area contributed by atoms with Gasteiger partial charge in [-0.3, -0.25) is 4.40 Å². The molecule has 17 heavy (non-hydrogen) atoms. The molecule has 1 N–H and O–H groups in total. The zero-order chi connectivity index (χ0) is 11.7. The summed E-state index contributed by atoms with van der Waals surface area (Å²) >= 11 is 3.48. The van der Waals surface area contributed by atoms with E-state index < -0.39 is 0 Å². The lowest BCUT2D eigenvalue weighted by Crippen LogP contribution is -2.10. The minimum absolute atomic E-state index is 0.800. The molecule has 0 aromatic carbocycles. The molecule has 2 aromatic heterocycles. The molecule has 0 bridgehead atoms. The van der Waals surface area contributed by atoms with E-state index in [-0.39, 0.29) is 0 Å². The Hall–Kier alpha value is -0.940. The predicted octanol–water partition coefficient (Wildman–Crippen LogP) is 2.03. The summed E-state index contributed by atoms with van der Waals surface area (Å²) in [5, 5.41) is 11.8. The summed E-state index contributed by atoms with van der Waals surface area (Å²) in [4.78, 5) is 0. The maximum atomic E-state index is 4.27. The first-order valence-electron chi connectivity index (χ1n) is 6.03. The van der Waals surface area contributed by atoms with Crippen LogP contribution in [0, 0.1) is 5.92 Å². The Bertz CT molecular complexity index is 516. The molecule has 0 amide bonds. The van der Waals surface area contributed by atoms with Crippen molar-refractivity contribution < 1.29 is 0 Å². The number of nitrogens with one attached hydrogen (secondary N) is 1. The number of pyridine rings is 1. The third kappa shape index (κ3) is 2.35. The Morgan fingerprint density at radius 2 is 2.35 bits per heavy atom. The number of halogens is 1. The summed E-state index contributed by atoms with van der Waals surface area (Å²) in [5.74, 6) is 1.86. The summed E-state index contributed by atoms with van der Waals surface area (Å²) in [7, 11) is 0.